The number of hydrogen-bond donors (Lipinski definition) is 2. The lowest BCUT2D eigenvalue weighted by Gasteiger charge is -2.40. The highest BCUT2D eigenvalue weighted by Gasteiger charge is 2.45. The van der Waals surface area contributed by atoms with Crippen LogP contribution in [0.1, 0.15) is 42.1 Å². The van der Waals surface area contributed by atoms with Gasteiger partial charge >= 0.3 is 0 Å². The van der Waals surface area contributed by atoms with Crippen LogP contribution >= 0.6 is 12.4 Å². The molecule has 9 heteroatoms. The van der Waals surface area contributed by atoms with Gasteiger partial charge in [-0.15, -0.1) is 12.4 Å². The van der Waals surface area contributed by atoms with Gasteiger partial charge in [0.05, 0.1) is 18.9 Å². The van der Waals surface area contributed by atoms with Crippen molar-refractivity contribution in [2.45, 2.75) is 37.1 Å². The third-order valence-electron chi connectivity index (χ3n) is 7.13. The molecule has 0 unspecified atom stereocenters. The van der Waals surface area contributed by atoms with E-state index in [1.165, 1.54) is 0 Å². The molecule has 0 saturated carbocycles. The number of amides is 1. The van der Waals surface area contributed by atoms with E-state index in [9.17, 15) is 9.59 Å². The minimum atomic E-state index is -0.639. The van der Waals surface area contributed by atoms with E-state index < -0.39 is 6.04 Å². The lowest BCUT2D eigenvalue weighted by molar-refractivity contribution is -0.134. The number of hydrogen-bond acceptors (Lipinski definition) is 6. The second-order valence-corrected chi connectivity index (χ2v) is 8.81. The molecule has 1 amide bonds. The number of nitrogens with two attached hydrogens (primary N) is 1. The zero-order chi connectivity index (χ0) is 21.4. The van der Waals surface area contributed by atoms with Crippen molar-refractivity contribution in [1.29, 1.82) is 0 Å². The number of likely N-dealkylation sites (tertiary alicyclic amines) is 1. The van der Waals surface area contributed by atoms with Crippen molar-refractivity contribution in [3.05, 3.63) is 57.5 Å². The van der Waals surface area contributed by atoms with Crippen molar-refractivity contribution >= 4 is 24.3 Å². The maximum atomic E-state index is 13.0. The molecular weight excluding hydrogens is 430 g/mol. The van der Waals surface area contributed by atoms with Gasteiger partial charge in [-0.2, -0.15) is 0 Å². The number of fused-ring (bicyclic) bond motifs is 2. The van der Waals surface area contributed by atoms with E-state index in [1.54, 1.807) is 0 Å². The van der Waals surface area contributed by atoms with Gasteiger partial charge in [-0.1, -0.05) is 30.3 Å². The Morgan fingerprint density at radius 2 is 1.78 bits per heavy atom. The fourth-order valence-electron chi connectivity index (χ4n) is 5.21. The smallest absolute Gasteiger partial charge is 0.255 e. The first-order valence-electron chi connectivity index (χ1n) is 11.1. The Hall–Kier alpha value is -2.42. The molecule has 5 rings (SSSR count). The summed E-state index contributed by atoms with van der Waals surface area (Å²) in [5.74, 6) is 0.616. The number of aromatic nitrogens is 2. The Labute approximate surface area is 193 Å². The van der Waals surface area contributed by atoms with Crippen molar-refractivity contribution in [1.82, 2.24) is 14.9 Å². The number of aromatic amines is 1. The molecule has 0 bridgehead atoms. The summed E-state index contributed by atoms with van der Waals surface area (Å²) >= 11 is 0. The maximum absolute atomic E-state index is 13.0. The van der Waals surface area contributed by atoms with E-state index in [2.05, 4.69) is 9.88 Å². The number of anilines is 1. The molecule has 3 N–H and O–H groups in total. The predicted octanol–water partition coefficient (Wildman–Crippen LogP) is 1.53. The first-order chi connectivity index (χ1) is 15.1. The van der Waals surface area contributed by atoms with Gasteiger partial charge in [0.2, 0.25) is 11.9 Å². The predicted molar refractivity (Wildman–Crippen MR) is 124 cm³/mol. The standard InChI is InChI=1S/C23H29N5O3.ClH/c24-18(16-4-2-1-3-5-16)21(30)27-10-8-23(9-11-27)7-6-17-19(23)25-22(26-20(17)29)28-12-14-31-15-13-28;/h1-5,18H,6-15,24H2,(H,25,26,29);1H/t18-;/m0./s1. The van der Waals surface area contributed by atoms with Crippen molar-refractivity contribution in [2.75, 3.05) is 44.3 Å². The van der Waals surface area contributed by atoms with E-state index in [4.69, 9.17) is 15.5 Å². The molecule has 1 aromatic carbocycles. The zero-order valence-corrected chi connectivity index (χ0v) is 18.9. The van der Waals surface area contributed by atoms with Gasteiger partial charge in [0.15, 0.2) is 0 Å². The SMILES string of the molecule is Cl.N[C@H](C(=O)N1CCC2(CCc3c2nc(N2CCOCC2)[nH]c3=O)CC1)c1ccccc1. The van der Waals surface area contributed by atoms with E-state index in [-0.39, 0.29) is 29.3 Å². The largest absolute Gasteiger partial charge is 0.378 e. The van der Waals surface area contributed by atoms with Gasteiger partial charge in [0, 0.05) is 37.2 Å². The van der Waals surface area contributed by atoms with E-state index in [0.29, 0.717) is 32.3 Å². The number of H-pyrrole nitrogens is 1. The van der Waals surface area contributed by atoms with Gasteiger partial charge in [0.1, 0.15) is 6.04 Å². The molecule has 2 fully saturated rings. The van der Waals surface area contributed by atoms with Crippen LogP contribution in [0, 0.1) is 0 Å². The third kappa shape index (κ3) is 4.02. The Balaban J connectivity index is 0.00000245. The Kier molecular flexibility index (Phi) is 6.55. The number of carbonyl (C=O) groups excluding carboxylic acids is 1. The lowest BCUT2D eigenvalue weighted by Crippen LogP contribution is -2.47. The lowest BCUT2D eigenvalue weighted by atomic mass is 9.76. The van der Waals surface area contributed by atoms with Crippen molar-refractivity contribution in [2.24, 2.45) is 5.73 Å². The van der Waals surface area contributed by atoms with E-state index in [1.807, 2.05) is 35.2 Å². The quantitative estimate of drug-likeness (QED) is 0.721. The molecule has 1 spiro atoms. The fraction of sp³-hybridized carbons (Fsp3) is 0.522. The minimum absolute atomic E-state index is 0. The van der Waals surface area contributed by atoms with Crippen molar-refractivity contribution in [3.8, 4) is 0 Å². The van der Waals surface area contributed by atoms with Gasteiger partial charge in [-0.3, -0.25) is 14.6 Å². The molecule has 172 valence electrons. The molecule has 2 saturated heterocycles. The molecule has 32 heavy (non-hydrogen) atoms. The third-order valence-corrected chi connectivity index (χ3v) is 7.13. The minimum Gasteiger partial charge on any atom is -0.378 e. The molecule has 3 aliphatic rings. The molecule has 1 aliphatic carbocycles. The second kappa shape index (κ2) is 9.21. The number of nitrogens with zero attached hydrogens (tertiary/aromatic N) is 3. The highest BCUT2D eigenvalue weighted by molar-refractivity contribution is 5.85. The summed E-state index contributed by atoms with van der Waals surface area (Å²) in [5.41, 5.74) is 8.70. The fourth-order valence-corrected chi connectivity index (χ4v) is 5.21. The van der Waals surface area contributed by atoms with Gasteiger partial charge in [0.25, 0.3) is 5.56 Å². The highest BCUT2D eigenvalue weighted by atomic mass is 35.5. The summed E-state index contributed by atoms with van der Waals surface area (Å²) < 4.78 is 5.43. The number of carbonyl (C=O) groups is 1. The summed E-state index contributed by atoms with van der Waals surface area (Å²) in [5, 5.41) is 0. The maximum Gasteiger partial charge on any atom is 0.255 e. The molecule has 1 aromatic heterocycles. The van der Waals surface area contributed by atoms with Crippen LogP contribution in [0.5, 0.6) is 0 Å². The number of halogens is 1. The monoisotopic (exact) mass is 459 g/mol. The average Bonchev–Trinajstić information content (AvgIpc) is 3.18. The van der Waals surface area contributed by atoms with Crippen LogP contribution in [0.25, 0.3) is 0 Å². The van der Waals surface area contributed by atoms with Crippen LogP contribution in [-0.4, -0.2) is 60.2 Å². The summed E-state index contributed by atoms with van der Waals surface area (Å²) in [6.45, 7) is 4.03. The number of nitrogens with one attached hydrogen (secondary N) is 1. The summed E-state index contributed by atoms with van der Waals surface area (Å²) in [6, 6.07) is 8.87. The number of morpholine rings is 1. The van der Waals surface area contributed by atoms with E-state index in [0.717, 1.165) is 55.6 Å². The first kappa shape index (κ1) is 22.8. The van der Waals surface area contributed by atoms with Crippen LogP contribution in [0.3, 0.4) is 0 Å². The molecular formula is C23H30ClN5O3. The molecule has 3 heterocycles. The van der Waals surface area contributed by atoms with Gasteiger partial charge < -0.3 is 20.3 Å². The first-order valence-corrected chi connectivity index (χ1v) is 11.1. The summed E-state index contributed by atoms with van der Waals surface area (Å²) in [4.78, 5) is 37.7. The molecule has 8 nitrogen and oxygen atoms in total. The van der Waals surface area contributed by atoms with E-state index >= 15 is 0 Å². The molecule has 0 radical (unpaired) electrons. The zero-order valence-electron chi connectivity index (χ0n) is 18.1. The van der Waals surface area contributed by atoms with Crippen LogP contribution in [0.4, 0.5) is 5.95 Å². The highest BCUT2D eigenvalue weighted by Crippen LogP contribution is 2.44. The normalized spacial score (nSPS) is 20.5. The number of ether oxygens (including phenoxy) is 1. The number of rotatable bonds is 3. The molecule has 2 aromatic rings. The number of piperidine rings is 1. The number of benzene rings is 1. The van der Waals surface area contributed by atoms with Crippen LogP contribution in [0.15, 0.2) is 35.1 Å². The second-order valence-electron chi connectivity index (χ2n) is 8.81. The average molecular weight is 460 g/mol. The topological polar surface area (TPSA) is 105 Å². The van der Waals surface area contributed by atoms with Crippen LogP contribution < -0.4 is 16.2 Å². The Bertz CT molecular complexity index is 1010. The van der Waals surface area contributed by atoms with Crippen LogP contribution in [0.2, 0.25) is 0 Å². The summed E-state index contributed by atoms with van der Waals surface area (Å²) in [6.07, 6.45) is 3.29. The van der Waals surface area contributed by atoms with Crippen molar-refractivity contribution in [3.63, 3.8) is 0 Å². The van der Waals surface area contributed by atoms with Gasteiger partial charge in [-0.05, 0) is 31.2 Å². The van der Waals surface area contributed by atoms with Crippen molar-refractivity contribution < 1.29 is 9.53 Å². The molecule has 1 atom stereocenters. The van der Waals surface area contributed by atoms with Gasteiger partial charge in [-0.25, -0.2) is 4.98 Å². The molecule has 2 aliphatic heterocycles. The van der Waals surface area contributed by atoms with Crippen LogP contribution in [-0.2, 0) is 21.4 Å². The Morgan fingerprint density at radius 3 is 2.47 bits per heavy atom. The summed E-state index contributed by atoms with van der Waals surface area (Å²) in [7, 11) is 0. The Morgan fingerprint density at radius 1 is 1.09 bits per heavy atom.